The summed E-state index contributed by atoms with van der Waals surface area (Å²) in [7, 11) is 0. The zero-order chi connectivity index (χ0) is 17.4. The average Bonchev–Trinajstić information content (AvgIpc) is 3.01. The number of carbonyl (C=O) groups is 1. The lowest BCUT2D eigenvalue weighted by Gasteiger charge is -2.47. The van der Waals surface area contributed by atoms with Crippen LogP contribution in [0.5, 0.6) is 0 Å². The van der Waals surface area contributed by atoms with E-state index >= 15 is 0 Å². The first-order chi connectivity index (χ1) is 12.0. The molecule has 1 saturated heterocycles. The molecule has 5 heteroatoms. The number of aromatic nitrogens is 1. The van der Waals surface area contributed by atoms with E-state index in [4.69, 9.17) is 0 Å². The standard InChI is InChI=1S/C20H25FN2O2/c21-17-5-4-15-6-10-22(18(15)13-17)11-7-19(24)23-12-9-20(25)8-2-1-3-16(20)14-23/h4-6,10,13,16,25H,1-3,7-9,11-12,14H2. The third-order valence-electron chi connectivity index (χ3n) is 6.08. The van der Waals surface area contributed by atoms with Gasteiger partial charge in [0, 0.05) is 38.2 Å². The second-order valence-corrected chi connectivity index (χ2v) is 7.60. The van der Waals surface area contributed by atoms with E-state index in [1.807, 2.05) is 21.7 Å². The van der Waals surface area contributed by atoms with E-state index in [9.17, 15) is 14.3 Å². The summed E-state index contributed by atoms with van der Waals surface area (Å²) < 4.78 is 15.4. The molecule has 0 bridgehead atoms. The van der Waals surface area contributed by atoms with Gasteiger partial charge in [0.2, 0.25) is 5.91 Å². The molecule has 2 aromatic rings. The maximum absolute atomic E-state index is 13.5. The summed E-state index contributed by atoms with van der Waals surface area (Å²) >= 11 is 0. The van der Waals surface area contributed by atoms with Crippen LogP contribution in [0.25, 0.3) is 10.9 Å². The lowest BCUT2D eigenvalue weighted by atomic mass is 9.71. The van der Waals surface area contributed by atoms with Crippen molar-refractivity contribution in [3.8, 4) is 0 Å². The van der Waals surface area contributed by atoms with E-state index in [-0.39, 0.29) is 17.6 Å². The zero-order valence-corrected chi connectivity index (χ0v) is 14.5. The highest BCUT2D eigenvalue weighted by atomic mass is 19.1. The number of amides is 1. The van der Waals surface area contributed by atoms with Crippen molar-refractivity contribution in [2.75, 3.05) is 13.1 Å². The molecule has 25 heavy (non-hydrogen) atoms. The predicted octanol–water partition coefficient (Wildman–Crippen LogP) is 3.32. The van der Waals surface area contributed by atoms with Gasteiger partial charge in [0.05, 0.1) is 11.1 Å². The third kappa shape index (κ3) is 3.17. The van der Waals surface area contributed by atoms with Gasteiger partial charge in [-0.1, -0.05) is 12.8 Å². The van der Waals surface area contributed by atoms with Gasteiger partial charge in [-0.05, 0) is 48.9 Å². The van der Waals surface area contributed by atoms with E-state index in [0.29, 0.717) is 32.5 Å². The molecule has 0 spiro atoms. The van der Waals surface area contributed by atoms with Gasteiger partial charge in [0.25, 0.3) is 0 Å². The van der Waals surface area contributed by atoms with Crippen LogP contribution in [-0.4, -0.2) is 39.2 Å². The quantitative estimate of drug-likeness (QED) is 0.928. The van der Waals surface area contributed by atoms with Crippen LogP contribution >= 0.6 is 0 Å². The summed E-state index contributed by atoms with van der Waals surface area (Å²) in [6.45, 7) is 1.88. The number of halogens is 1. The Kier molecular flexibility index (Phi) is 4.28. The van der Waals surface area contributed by atoms with E-state index in [0.717, 1.165) is 36.6 Å². The molecule has 1 aliphatic carbocycles. The SMILES string of the molecule is O=C(CCn1ccc2ccc(F)cc21)N1CCC2(O)CCCCC2C1. The predicted molar refractivity (Wildman–Crippen MR) is 94.6 cm³/mol. The monoisotopic (exact) mass is 344 g/mol. The molecule has 2 fully saturated rings. The number of rotatable bonds is 3. The highest BCUT2D eigenvalue weighted by molar-refractivity contribution is 5.81. The molecule has 2 unspecified atom stereocenters. The van der Waals surface area contributed by atoms with Crippen LogP contribution in [0.3, 0.4) is 0 Å². The Morgan fingerprint density at radius 1 is 1.28 bits per heavy atom. The van der Waals surface area contributed by atoms with Crippen molar-refractivity contribution >= 4 is 16.8 Å². The van der Waals surface area contributed by atoms with Crippen LogP contribution in [-0.2, 0) is 11.3 Å². The molecular weight excluding hydrogens is 319 g/mol. The fourth-order valence-electron chi connectivity index (χ4n) is 4.52. The van der Waals surface area contributed by atoms with Crippen LogP contribution in [0.2, 0.25) is 0 Å². The smallest absolute Gasteiger partial charge is 0.224 e. The van der Waals surface area contributed by atoms with Crippen molar-refractivity contribution in [2.45, 2.75) is 50.7 Å². The molecule has 2 aliphatic rings. The molecule has 1 aliphatic heterocycles. The number of piperidine rings is 1. The minimum atomic E-state index is -0.552. The van der Waals surface area contributed by atoms with Crippen molar-refractivity contribution in [3.63, 3.8) is 0 Å². The zero-order valence-electron chi connectivity index (χ0n) is 14.5. The number of carbonyl (C=O) groups excluding carboxylic acids is 1. The molecule has 4 rings (SSSR count). The van der Waals surface area contributed by atoms with Crippen LogP contribution in [0.4, 0.5) is 4.39 Å². The Morgan fingerprint density at radius 2 is 2.16 bits per heavy atom. The second-order valence-electron chi connectivity index (χ2n) is 7.60. The minimum Gasteiger partial charge on any atom is -0.389 e. The van der Waals surface area contributed by atoms with Crippen LogP contribution in [0.15, 0.2) is 30.5 Å². The Bertz CT molecular complexity index is 787. The molecule has 4 nitrogen and oxygen atoms in total. The van der Waals surface area contributed by atoms with E-state index in [1.165, 1.54) is 12.1 Å². The molecule has 0 radical (unpaired) electrons. The topological polar surface area (TPSA) is 45.5 Å². The Labute approximate surface area is 147 Å². The number of hydrogen-bond acceptors (Lipinski definition) is 2. The summed E-state index contributed by atoms with van der Waals surface area (Å²) in [6.07, 6.45) is 7.15. The molecule has 2 atom stereocenters. The highest BCUT2D eigenvalue weighted by Gasteiger charge is 2.43. The molecule has 1 aromatic heterocycles. The van der Waals surface area contributed by atoms with Crippen molar-refractivity contribution < 1.29 is 14.3 Å². The van der Waals surface area contributed by atoms with Crippen LogP contribution in [0.1, 0.15) is 38.5 Å². The van der Waals surface area contributed by atoms with Crippen molar-refractivity contribution in [3.05, 3.63) is 36.3 Å². The summed E-state index contributed by atoms with van der Waals surface area (Å²) in [6, 6.07) is 6.68. The molecule has 134 valence electrons. The number of aryl methyl sites for hydroxylation is 1. The summed E-state index contributed by atoms with van der Waals surface area (Å²) in [5.74, 6) is 0.0951. The number of nitrogens with zero attached hydrogens (tertiary/aromatic N) is 2. The fraction of sp³-hybridized carbons (Fsp3) is 0.550. The van der Waals surface area contributed by atoms with E-state index < -0.39 is 5.60 Å². The first kappa shape index (κ1) is 16.6. The van der Waals surface area contributed by atoms with Gasteiger partial charge in [-0.3, -0.25) is 4.79 Å². The fourth-order valence-corrected chi connectivity index (χ4v) is 4.52. The van der Waals surface area contributed by atoms with E-state index in [1.54, 1.807) is 6.07 Å². The number of hydrogen-bond donors (Lipinski definition) is 1. The number of benzene rings is 1. The maximum Gasteiger partial charge on any atom is 0.224 e. The van der Waals surface area contributed by atoms with Gasteiger partial charge >= 0.3 is 0 Å². The Hall–Kier alpha value is -1.88. The van der Waals surface area contributed by atoms with Gasteiger partial charge in [-0.2, -0.15) is 0 Å². The van der Waals surface area contributed by atoms with Gasteiger partial charge in [-0.15, -0.1) is 0 Å². The molecular formula is C20H25FN2O2. The van der Waals surface area contributed by atoms with Crippen molar-refractivity contribution in [2.24, 2.45) is 5.92 Å². The minimum absolute atomic E-state index is 0.130. The number of likely N-dealkylation sites (tertiary alicyclic amines) is 1. The highest BCUT2D eigenvalue weighted by Crippen LogP contribution is 2.39. The van der Waals surface area contributed by atoms with Gasteiger partial charge < -0.3 is 14.6 Å². The molecule has 1 saturated carbocycles. The summed E-state index contributed by atoms with van der Waals surface area (Å²) in [4.78, 5) is 14.5. The Morgan fingerprint density at radius 3 is 3.04 bits per heavy atom. The second kappa shape index (κ2) is 6.45. The molecule has 1 aromatic carbocycles. The molecule has 2 heterocycles. The lowest BCUT2D eigenvalue weighted by Crippen LogP contribution is -2.54. The average molecular weight is 344 g/mol. The van der Waals surface area contributed by atoms with Gasteiger partial charge in [-0.25, -0.2) is 4.39 Å². The molecule has 1 amide bonds. The van der Waals surface area contributed by atoms with E-state index in [2.05, 4.69) is 0 Å². The normalized spacial score (nSPS) is 26.6. The van der Waals surface area contributed by atoms with Crippen LogP contribution in [0, 0.1) is 11.7 Å². The number of fused-ring (bicyclic) bond motifs is 2. The third-order valence-corrected chi connectivity index (χ3v) is 6.08. The summed E-state index contributed by atoms with van der Waals surface area (Å²) in [5, 5.41) is 11.7. The van der Waals surface area contributed by atoms with Gasteiger partial charge in [0.15, 0.2) is 0 Å². The summed E-state index contributed by atoms with van der Waals surface area (Å²) in [5.41, 5.74) is 0.275. The van der Waals surface area contributed by atoms with Crippen LogP contribution < -0.4 is 0 Å². The van der Waals surface area contributed by atoms with Crippen molar-refractivity contribution in [1.29, 1.82) is 0 Å². The lowest BCUT2D eigenvalue weighted by molar-refractivity contribution is -0.143. The van der Waals surface area contributed by atoms with Crippen molar-refractivity contribution in [1.82, 2.24) is 9.47 Å². The largest absolute Gasteiger partial charge is 0.389 e. The maximum atomic E-state index is 13.5. The van der Waals surface area contributed by atoms with Gasteiger partial charge in [0.1, 0.15) is 5.82 Å². The molecule has 1 N–H and O–H groups in total. The number of aliphatic hydroxyl groups is 1. The Balaban J connectivity index is 1.40. The first-order valence-electron chi connectivity index (χ1n) is 9.30. The first-order valence-corrected chi connectivity index (χ1v) is 9.30.